The number of halogens is 1. The van der Waals surface area contributed by atoms with E-state index in [-0.39, 0.29) is 59.3 Å². The minimum Gasteiger partial charge on any atom is -0.481 e. The molecule has 30 heavy (non-hydrogen) atoms. The first-order valence-electron chi connectivity index (χ1n) is 7.94. The zero-order chi connectivity index (χ0) is 21.4. The van der Waals surface area contributed by atoms with Gasteiger partial charge in [0.15, 0.2) is 11.8 Å². The molecule has 0 aliphatic heterocycles. The van der Waals surface area contributed by atoms with Crippen LogP contribution in [-0.2, 0) is 15.0 Å². The molecule has 0 fully saturated rings. The molecule has 156 valence electrons. The molecule has 2 amide bonds. The van der Waals surface area contributed by atoms with Crippen LogP contribution in [0, 0.1) is 6.92 Å². The number of aromatic nitrogens is 2. The smallest absolute Gasteiger partial charge is 0.481 e. The minimum atomic E-state index is -4.74. The summed E-state index contributed by atoms with van der Waals surface area (Å²) < 4.78 is 42.5. The molecule has 0 atom stereocenters. The molecule has 0 radical (unpaired) electrons. The van der Waals surface area contributed by atoms with E-state index in [9.17, 15) is 18.0 Å². The SMILES string of the molecule is COc1cc(C)nc(NC(=O)[N-]S(=O)(=O)Oc2ccccc2C(=O)OCCI)n1.[Na+]. The van der Waals surface area contributed by atoms with E-state index in [0.29, 0.717) is 10.1 Å². The number of hydrogen-bond donors (Lipinski definition) is 1. The third kappa shape index (κ3) is 8.22. The largest absolute Gasteiger partial charge is 1.00 e. The number of para-hydroxylation sites is 1. The number of methoxy groups -OCH3 is 1. The molecule has 1 N–H and O–H groups in total. The fourth-order valence-electron chi connectivity index (χ4n) is 1.97. The maximum atomic E-state index is 12.1. The number of hydrogen-bond acceptors (Lipinski definition) is 9. The number of nitrogens with zero attached hydrogens (tertiary/aromatic N) is 3. The summed E-state index contributed by atoms with van der Waals surface area (Å²) in [6, 6.07) is 5.75. The molecule has 0 saturated carbocycles. The van der Waals surface area contributed by atoms with Crippen molar-refractivity contribution in [1.82, 2.24) is 9.97 Å². The summed E-state index contributed by atoms with van der Waals surface area (Å²) in [5.41, 5.74) is 0.355. The summed E-state index contributed by atoms with van der Waals surface area (Å²) in [6.45, 7) is 1.78. The van der Waals surface area contributed by atoms with Gasteiger partial charge in [-0.05, 0) is 19.1 Å². The van der Waals surface area contributed by atoms with Crippen LogP contribution in [0.1, 0.15) is 16.1 Å². The third-order valence-corrected chi connectivity index (χ3v) is 4.29. The van der Waals surface area contributed by atoms with E-state index >= 15 is 0 Å². The maximum Gasteiger partial charge on any atom is 1.00 e. The van der Waals surface area contributed by atoms with Gasteiger partial charge < -0.3 is 19.0 Å². The van der Waals surface area contributed by atoms with Crippen molar-refractivity contribution in [3.05, 3.63) is 46.3 Å². The van der Waals surface area contributed by atoms with Gasteiger partial charge in [0.25, 0.3) is 0 Å². The quantitative estimate of drug-likeness (QED) is 0.198. The average molecular weight is 558 g/mol. The van der Waals surface area contributed by atoms with Gasteiger partial charge in [0, 0.05) is 16.2 Å². The molecular weight excluding hydrogens is 542 g/mol. The van der Waals surface area contributed by atoms with Crippen molar-refractivity contribution in [2.45, 2.75) is 6.92 Å². The molecule has 2 aromatic rings. The Morgan fingerprint density at radius 1 is 1.23 bits per heavy atom. The van der Waals surface area contributed by atoms with Crippen molar-refractivity contribution in [1.29, 1.82) is 0 Å². The number of esters is 1. The van der Waals surface area contributed by atoms with Gasteiger partial charge in [-0.1, -0.05) is 34.7 Å². The standard InChI is InChI=1S/C16H17IN4O7S.Na/c1-10-9-13(26-2)19-15(18-10)20-16(23)21-29(24,25)28-12-6-4-3-5-11(12)14(22)27-8-7-17;/h3-6,9H,7-8H2,1-2H3,(H2,18,19,20,21,23);/q;+1/p-1. The molecule has 1 heterocycles. The summed E-state index contributed by atoms with van der Waals surface area (Å²) in [7, 11) is -3.37. The van der Waals surface area contributed by atoms with Gasteiger partial charge in [-0.3, -0.25) is 9.52 Å². The van der Waals surface area contributed by atoms with E-state index in [4.69, 9.17) is 13.7 Å². The molecule has 0 aliphatic rings. The van der Waals surface area contributed by atoms with E-state index < -0.39 is 22.3 Å². The molecular formula is C16H16IN4NaO7S. The van der Waals surface area contributed by atoms with E-state index in [0.717, 1.165) is 0 Å². The van der Waals surface area contributed by atoms with Crippen LogP contribution in [-0.4, -0.2) is 48.5 Å². The molecule has 1 aromatic heterocycles. The second kappa shape index (κ2) is 12.2. The molecule has 0 unspecified atom stereocenters. The Hall–Kier alpha value is -1.68. The second-order valence-corrected chi connectivity index (χ2v) is 7.51. The van der Waals surface area contributed by atoms with E-state index in [1.165, 1.54) is 37.4 Å². The Morgan fingerprint density at radius 3 is 2.60 bits per heavy atom. The molecule has 0 spiro atoms. The number of ether oxygens (including phenoxy) is 2. The first-order chi connectivity index (χ1) is 13.7. The molecule has 14 heteroatoms. The van der Waals surface area contributed by atoms with Gasteiger partial charge in [-0.2, -0.15) is 13.4 Å². The van der Waals surface area contributed by atoms with E-state index in [1.54, 1.807) is 6.92 Å². The van der Waals surface area contributed by atoms with Crippen LogP contribution in [0.25, 0.3) is 4.72 Å². The summed E-state index contributed by atoms with van der Waals surface area (Å²) in [4.78, 5) is 31.7. The van der Waals surface area contributed by atoms with Crippen LogP contribution < -0.4 is 43.8 Å². The van der Waals surface area contributed by atoms with Crippen molar-refractivity contribution >= 4 is 50.8 Å². The zero-order valence-electron chi connectivity index (χ0n) is 16.3. The Bertz CT molecular complexity index is 1010. The molecule has 0 bridgehead atoms. The van der Waals surface area contributed by atoms with Crippen LogP contribution >= 0.6 is 22.6 Å². The number of anilines is 1. The predicted molar refractivity (Wildman–Crippen MR) is 111 cm³/mol. The number of aryl methyl sites for hydroxylation is 1. The van der Waals surface area contributed by atoms with Crippen LogP contribution in [0.15, 0.2) is 30.3 Å². The van der Waals surface area contributed by atoms with Gasteiger partial charge in [-0.25, -0.2) is 9.78 Å². The number of rotatable bonds is 8. The van der Waals surface area contributed by atoms with E-state index in [1.807, 2.05) is 22.6 Å². The third-order valence-electron chi connectivity index (χ3n) is 3.07. The van der Waals surface area contributed by atoms with E-state index in [2.05, 4.69) is 20.0 Å². The van der Waals surface area contributed by atoms with Crippen molar-refractivity contribution in [3.63, 3.8) is 0 Å². The fraction of sp³-hybridized carbons (Fsp3) is 0.250. The number of carbonyl (C=O) groups excluding carboxylic acids is 2. The summed E-state index contributed by atoms with van der Waals surface area (Å²) in [5, 5.41) is 2.11. The van der Waals surface area contributed by atoms with Crippen molar-refractivity contribution in [2.75, 3.05) is 23.5 Å². The van der Waals surface area contributed by atoms with Gasteiger partial charge in [0.2, 0.25) is 5.88 Å². The van der Waals surface area contributed by atoms with Gasteiger partial charge >= 0.3 is 45.8 Å². The van der Waals surface area contributed by atoms with Crippen LogP contribution in [0.4, 0.5) is 10.7 Å². The summed E-state index contributed by atoms with van der Waals surface area (Å²) >= 11 is 2.02. The molecule has 1 aromatic carbocycles. The van der Waals surface area contributed by atoms with Crippen LogP contribution in [0.3, 0.4) is 0 Å². The van der Waals surface area contributed by atoms with Crippen LogP contribution in [0.5, 0.6) is 11.6 Å². The molecule has 11 nitrogen and oxygen atoms in total. The molecule has 2 rings (SSSR count). The number of alkyl halides is 1. The Morgan fingerprint density at radius 2 is 1.93 bits per heavy atom. The number of nitrogens with one attached hydrogen (secondary N) is 1. The molecule has 0 saturated heterocycles. The van der Waals surface area contributed by atoms with Gasteiger partial charge in [-0.15, -0.1) is 0 Å². The normalized spacial score (nSPS) is 10.4. The predicted octanol–water partition coefficient (Wildman–Crippen LogP) is -0.381. The topological polar surface area (TPSA) is 148 Å². The molecule has 0 aliphatic carbocycles. The first kappa shape index (κ1) is 26.4. The summed E-state index contributed by atoms with van der Waals surface area (Å²) in [5.74, 6) is -1.12. The Kier molecular flexibility index (Phi) is 10.8. The summed E-state index contributed by atoms with van der Waals surface area (Å²) in [6.07, 6.45) is 0. The fourth-order valence-corrected chi connectivity index (χ4v) is 2.85. The Balaban J connectivity index is 0.00000450. The number of urea groups is 1. The average Bonchev–Trinajstić information content (AvgIpc) is 2.65. The zero-order valence-corrected chi connectivity index (χ0v) is 21.3. The number of benzene rings is 1. The van der Waals surface area contributed by atoms with Crippen molar-refractivity contribution in [3.8, 4) is 11.6 Å². The monoisotopic (exact) mass is 558 g/mol. The minimum absolute atomic E-state index is 0. The van der Waals surface area contributed by atoms with Crippen molar-refractivity contribution in [2.24, 2.45) is 0 Å². The number of carbonyl (C=O) groups is 2. The van der Waals surface area contributed by atoms with Gasteiger partial charge in [0.05, 0.1) is 7.11 Å². The van der Waals surface area contributed by atoms with Crippen molar-refractivity contribution < 1.29 is 61.2 Å². The first-order valence-corrected chi connectivity index (χ1v) is 10.8. The maximum absolute atomic E-state index is 12.1. The van der Waals surface area contributed by atoms with Crippen LogP contribution in [0.2, 0.25) is 0 Å². The Labute approximate surface area is 209 Å². The number of amides is 2. The van der Waals surface area contributed by atoms with Gasteiger partial charge in [0.1, 0.15) is 18.1 Å². The second-order valence-electron chi connectivity index (χ2n) is 5.23.